The minimum Gasteiger partial charge on any atom is -0.306 e. The van der Waals surface area contributed by atoms with Crippen LogP contribution in [0.5, 0.6) is 0 Å². The molecule has 22 heavy (non-hydrogen) atoms. The number of nitrogens with zero attached hydrogens (tertiary/aromatic N) is 2. The Morgan fingerprint density at radius 1 is 1.09 bits per heavy atom. The fourth-order valence-electron chi connectivity index (χ4n) is 2.55. The van der Waals surface area contributed by atoms with Crippen LogP contribution >= 0.6 is 15.9 Å². The van der Waals surface area contributed by atoms with E-state index in [2.05, 4.69) is 27.8 Å². The number of benzene rings is 2. The van der Waals surface area contributed by atoms with E-state index in [-0.39, 0.29) is 5.91 Å². The van der Waals surface area contributed by atoms with Gasteiger partial charge in [0.05, 0.1) is 11.4 Å². The summed E-state index contributed by atoms with van der Waals surface area (Å²) in [4.78, 5) is 19.2. The van der Waals surface area contributed by atoms with Crippen molar-refractivity contribution >= 4 is 38.9 Å². The smallest absolute Gasteiger partial charge is 0.277 e. The van der Waals surface area contributed by atoms with E-state index in [1.807, 2.05) is 53.4 Å². The average Bonchev–Trinajstić information content (AvgIpc) is 2.80. The molecule has 4 heteroatoms. The number of para-hydroxylation sites is 1. The molecule has 0 N–H and O–H groups in total. The Morgan fingerprint density at radius 3 is 2.55 bits per heavy atom. The Bertz CT molecular complexity index is 722. The Hall–Kier alpha value is -1.94. The van der Waals surface area contributed by atoms with Crippen LogP contribution in [-0.4, -0.2) is 18.2 Å². The summed E-state index contributed by atoms with van der Waals surface area (Å²) in [5.41, 5.74) is 3.22. The lowest BCUT2D eigenvalue weighted by Gasteiger charge is -2.15. The third-order valence-corrected chi connectivity index (χ3v) is 4.23. The summed E-state index contributed by atoms with van der Waals surface area (Å²) < 4.78 is 0.999. The van der Waals surface area contributed by atoms with Gasteiger partial charge in [-0.3, -0.25) is 4.79 Å². The third-order valence-electron chi connectivity index (χ3n) is 3.70. The fraction of sp³-hybridized carbons (Fsp3) is 0.222. The summed E-state index contributed by atoms with van der Waals surface area (Å²) in [7, 11) is 0. The fourth-order valence-corrected chi connectivity index (χ4v) is 2.82. The van der Waals surface area contributed by atoms with Crippen molar-refractivity contribution in [1.82, 2.24) is 0 Å². The number of unbranched alkanes of at least 4 members (excludes halogenated alkanes) is 1. The Kier molecular flexibility index (Phi) is 4.39. The molecule has 0 spiro atoms. The van der Waals surface area contributed by atoms with Crippen molar-refractivity contribution in [3.8, 4) is 0 Å². The quantitative estimate of drug-likeness (QED) is 0.780. The van der Waals surface area contributed by atoms with Gasteiger partial charge >= 0.3 is 0 Å². The SMILES string of the molecule is CCCCN1C(=O)C(=Nc2ccc(Br)cc2)c2ccccc21. The zero-order valence-corrected chi connectivity index (χ0v) is 14.0. The van der Waals surface area contributed by atoms with Gasteiger partial charge in [0.15, 0.2) is 0 Å². The first-order valence-corrected chi connectivity index (χ1v) is 8.25. The van der Waals surface area contributed by atoms with Crippen LogP contribution in [-0.2, 0) is 4.79 Å². The van der Waals surface area contributed by atoms with Crippen molar-refractivity contribution in [2.75, 3.05) is 11.4 Å². The molecule has 3 rings (SSSR count). The molecule has 0 fully saturated rings. The first-order chi connectivity index (χ1) is 10.7. The summed E-state index contributed by atoms with van der Waals surface area (Å²) in [5.74, 6) is -0.00225. The maximum Gasteiger partial charge on any atom is 0.277 e. The van der Waals surface area contributed by atoms with Crippen molar-refractivity contribution in [1.29, 1.82) is 0 Å². The number of anilines is 1. The molecule has 112 valence electrons. The summed E-state index contributed by atoms with van der Waals surface area (Å²) in [6, 6.07) is 15.5. The van der Waals surface area contributed by atoms with Crippen LogP contribution in [0.4, 0.5) is 11.4 Å². The van der Waals surface area contributed by atoms with Gasteiger partial charge in [-0.25, -0.2) is 4.99 Å². The van der Waals surface area contributed by atoms with Gasteiger partial charge in [0.1, 0.15) is 5.71 Å². The highest BCUT2D eigenvalue weighted by atomic mass is 79.9. The monoisotopic (exact) mass is 356 g/mol. The highest BCUT2D eigenvalue weighted by Gasteiger charge is 2.33. The number of aliphatic imine (C=N–C) groups is 1. The van der Waals surface area contributed by atoms with E-state index >= 15 is 0 Å². The van der Waals surface area contributed by atoms with Crippen molar-refractivity contribution in [3.05, 3.63) is 58.6 Å². The maximum atomic E-state index is 12.7. The molecule has 3 nitrogen and oxygen atoms in total. The van der Waals surface area contributed by atoms with E-state index in [1.165, 1.54) is 0 Å². The van der Waals surface area contributed by atoms with E-state index in [1.54, 1.807) is 0 Å². The summed E-state index contributed by atoms with van der Waals surface area (Å²) in [6.07, 6.45) is 2.05. The predicted octanol–water partition coefficient (Wildman–Crippen LogP) is 4.72. The number of rotatable bonds is 4. The van der Waals surface area contributed by atoms with Gasteiger partial charge < -0.3 is 4.90 Å². The normalized spacial score (nSPS) is 15.5. The molecule has 1 heterocycles. The first kappa shape index (κ1) is 15.0. The molecule has 1 aliphatic rings. The van der Waals surface area contributed by atoms with E-state index < -0.39 is 0 Å². The number of carbonyl (C=O) groups is 1. The lowest BCUT2D eigenvalue weighted by atomic mass is 10.1. The number of halogens is 1. The van der Waals surface area contributed by atoms with Crippen molar-refractivity contribution in [2.24, 2.45) is 4.99 Å². The molecule has 0 unspecified atom stereocenters. The van der Waals surface area contributed by atoms with Crippen molar-refractivity contribution < 1.29 is 4.79 Å². The number of carbonyl (C=O) groups excluding carboxylic acids is 1. The van der Waals surface area contributed by atoms with Crippen LogP contribution in [0.3, 0.4) is 0 Å². The molecule has 2 aromatic rings. The van der Waals surface area contributed by atoms with Crippen LogP contribution in [0.25, 0.3) is 0 Å². The minimum atomic E-state index is -0.00225. The van der Waals surface area contributed by atoms with Gasteiger partial charge in [-0.1, -0.05) is 47.5 Å². The third kappa shape index (κ3) is 2.83. The second-order valence-electron chi connectivity index (χ2n) is 5.26. The maximum absolute atomic E-state index is 12.7. The molecule has 2 aromatic carbocycles. The summed E-state index contributed by atoms with van der Waals surface area (Å²) in [6.45, 7) is 2.87. The van der Waals surface area contributed by atoms with Crippen LogP contribution in [0.2, 0.25) is 0 Å². The minimum absolute atomic E-state index is 0.00225. The Balaban J connectivity index is 2.01. The van der Waals surface area contributed by atoms with E-state index in [0.717, 1.165) is 40.8 Å². The highest BCUT2D eigenvalue weighted by Crippen LogP contribution is 2.31. The van der Waals surface area contributed by atoms with Gasteiger partial charge in [-0.15, -0.1) is 0 Å². The zero-order valence-electron chi connectivity index (χ0n) is 12.4. The molecule has 0 aromatic heterocycles. The zero-order chi connectivity index (χ0) is 15.5. The standard InChI is InChI=1S/C18H17BrN2O/c1-2-3-12-21-16-7-5-4-6-15(16)17(18(21)22)20-14-10-8-13(19)9-11-14/h4-11H,2-3,12H2,1H3. The second-order valence-corrected chi connectivity index (χ2v) is 6.18. The largest absolute Gasteiger partial charge is 0.306 e. The average molecular weight is 357 g/mol. The second kappa shape index (κ2) is 6.44. The highest BCUT2D eigenvalue weighted by molar-refractivity contribution is 9.10. The van der Waals surface area contributed by atoms with E-state index in [9.17, 15) is 4.79 Å². The molecular formula is C18H17BrN2O. The Labute approximate surface area is 138 Å². The molecule has 0 atom stereocenters. The van der Waals surface area contributed by atoms with Gasteiger partial charge in [0.25, 0.3) is 5.91 Å². The number of hydrogen-bond donors (Lipinski definition) is 0. The van der Waals surface area contributed by atoms with E-state index in [4.69, 9.17) is 0 Å². The predicted molar refractivity (Wildman–Crippen MR) is 94.0 cm³/mol. The molecule has 0 saturated heterocycles. The molecule has 0 radical (unpaired) electrons. The van der Waals surface area contributed by atoms with Gasteiger partial charge in [0.2, 0.25) is 0 Å². The number of amides is 1. The summed E-state index contributed by atoms with van der Waals surface area (Å²) in [5, 5.41) is 0. The number of hydrogen-bond acceptors (Lipinski definition) is 2. The lowest BCUT2D eigenvalue weighted by molar-refractivity contribution is -0.112. The van der Waals surface area contributed by atoms with Crippen LogP contribution in [0.15, 0.2) is 58.0 Å². The van der Waals surface area contributed by atoms with Crippen LogP contribution in [0.1, 0.15) is 25.3 Å². The topological polar surface area (TPSA) is 32.7 Å². The van der Waals surface area contributed by atoms with Crippen LogP contribution < -0.4 is 4.90 Å². The first-order valence-electron chi connectivity index (χ1n) is 7.46. The molecule has 0 bridgehead atoms. The molecule has 1 amide bonds. The molecule has 1 aliphatic heterocycles. The van der Waals surface area contributed by atoms with Gasteiger partial charge in [0, 0.05) is 16.6 Å². The van der Waals surface area contributed by atoms with E-state index in [0.29, 0.717) is 5.71 Å². The lowest BCUT2D eigenvalue weighted by Crippen LogP contribution is -2.30. The summed E-state index contributed by atoms with van der Waals surface area (Å²) >= 11 is 3.41. The van der Waals surface area contributed by atoms with Crippen molar-refractivity contribution in [3.63, 3.8) is 0 Å². The molecule has 0 aliphatic carbocycles. The number of fused-ring (bicyclic) bond motifs is 1. The van der Waals surface area contributed by atoms with Crippen LogP contribution in [0, 0.1) is 0 Å². The van der Waals surface area contributed by atoms with Crippen molar-refractivity contribution in [2.45, 2.75) is 19.8 Å². The van der Waals surface area contributed by atoms with Gasteiger partial charge in [-0.05, 0) is 36.8 Å². The molecule has 0 saturated carbocycles. The molecular weight excluding hydrogens is 340 g/mol. The Morgan fingerprint density at radius 2 is 1.82 bits per heavy atom. The van der Waals surface area contributed by atoms with Gasteiger partial charge in [-0.2, -0.15) is 0 Å².